The van der Waals surface area contributed by atoms with Crippen LogP contribution in [0.25, 0.3) is 5.65 Å². The Hall–Kier alpha value is -1.91. The summed E-state index contributed by atoms with van der Waals surface area (Å²) in [5, 5.41) is 7.30. The predicted molar refractivity (Wildman–Crippen MR) is 83.5 cm³/mol. The van der Waals surface area contributed by atoms with Crippen molar-refractivity contribution in [1.29, 1.82) is 0 Å². The first-order valence-corrected chi connectivity index (χ1v) is 7.65. The molecule has 114 valence electrons. The van der Waals surface area contributed by atoms with E-state index in [1.54, 1.807) is 10.7 Å². The Balaban J connectivity index is 2.13. The van der Waals surface area contributed by atoms with E-state index >= 15 is 0 Å². The summed E-state index contributed by atoms with van der Waals surface area (Å²) < 4.78 is 1.71. The zero-order valence-corrected chi connectivity index (χ0v) is 13.3. The van der Waals surface area contributed by atoms with E-state index in [-0.39, 0.29) is 11.9 Å². The summed E-state index contributed by atoms with van der Waals surface area (Å²) in [4.78, 5) is 16.8. The summed E-state index contributed by atoms with van der Waals surface area (Å²) in [6.45, 7) is 8.11. The molecule has 5 heteroatoms. The maximum absolute atomic E-state index is 12.4. The van der Waals surface area contributed by atoms with Crippen LogP contribution in [0.15, 0.2) is 12.3 Å². The van der Waals surface area contributed by atoms with Crippen LogP contribution in [0, 0.1) is 13.8 Å². The fourth-order valence-electron chi connectivity index (χ4n) is 2.50. The number of fused-ring (bicyclic) bond motifs is 1. The summed E-state index contributed by atoms with van der Waals surface area (Å²) in [7, 11) is 0. The first kappa shape index (κ1) is 15.5. The van der Waals surface area contributed by atoms with E-state index in [9.17, 15) is 4.79 Å². The van der Waals surface area contributed by atoms with Crippen LogP contribution < -0.4 is 5.32 Å². The molecule has 0 aliphatic carbocycles. The number of unbranched alkanes of at least 4 members (excludes halogenated alkanes) is 2. The van der Waals surface area contributed by atoms with Gasteiger partial charge in [0.1, 0.15) is 5.56 Å². The number of nitrogens with one attached hydrogen (secondary N) is 1. The standard InChI is InChI=1S/C16H24N4O/c1-5-6-7-8-11(2)19-16(21)14-10-17-20-13(4)9-12(3)18-15(14)20/h9-11H,5-8H2,1-4H3,(H,19,21). The van der Waals surface area contributed by atoms with Gasteiger partial charge in [0.15, 0.2) is 5.65 Å². The smallest absolute Gasteiger partial charge is 0.256 e. The fraction of sp³-hybridized carbons (Fsp3) is 0.562. The maximum atomic E-state index is 12.4. The van der Waals surface area contributed by atoms with Crippen LogP contribution in [0.4, 0.5) is 0 Å². The van der Waals surface area contributed by atoms with Gasteiger partial charge in [0.25, 0.3) is 5.91 Å². The number of aromatic nitrogens is 3. The van der Waals surface area contributed by atoms with Crippen LogP contribution in [0.1, 0.15) is 61.3 Å². The number of rotatable bonds is 6. The van der Waals surface area contributed by atoms with E-state index in [1.807, 2.05) is 26.8 Å². The predicted octanol–water partition coefficient (Wildman–Crippen LogP) is 3.04. The van der Waals surface area contributed by atoms with E-state index in [0.29, 0.717) is 11.2 Å². The highest BCUT2D eigenvalue weighted by atomic mass is 16.1. The molecule has 0 radical (unpaired) electrons. The lowest BCUT2D eigenvalue weighted by molar-refractivity contribution is 0.0939. The number of carbonyl (C=O) groups is 1. The summed E-state index contributed by atoms with van der Waals surface area (Å²) in [6.07, 6.45) is 6.14. The van der Waals surface area contributed by atoms with Gasteiger partial charge >= 0.3 is 0 Å². The van der Waals surface area contributed by atoms with E-state index < -0.39 is 0 Å². The van der Waals surface area contributed by atoms with Crippen LogP contribution in [-0.2, 0) is 0 Å². The molecule has 21 heavy (non-hydrogen) atoms. The fourth-order valence-corrected chi connectivity index (χ4v) is 2.50. The van der Waals surface area contributed by atoms with Crippen molar-refractivity contribution in [1.82, 2.24) is 19.9 Å². The van der Waals surface area contributed by atoms with Gasteiger partial charge in [-0.1, -0.05) is 26.2 Å². The Morgan fingerprint density at radius 1 is 1.38 bits per heavy atom. The van der Waals surface area contributed by atoms with Crippen molar-refractivity contribution in [2.24, 2.45) is 0 Å². The van der Waals surface area contributed by atoms with E-state index in [0.717, 1.165) is 24.2 Å². The van der Waals surface area contributed by atoms with Crippen molar-refractivity contribution in [3.8, 4) is 0 Å². The van der Waals surface area contributed by atoms with Crippen LogP contribution >= 0.6 is 0 Å². The van der Waals surface area contributed by atoms with Crippen molar-refractivity contribution in [2.75, 3.05) is 0 Å². The molecule has 5 nitrogen and oxygen atoms in total. The average molecular weight is 288 g/mol. The third-order valence-electron chi connectivity index (χ3n) is 3.64. The molecular formula is C16H24N4O. The second kappa shape index (κ2) is 6.70. The molecule has 0 spiro atoms. The molecule has 1 N–H and O–H groups in total. The van der Waals surface area contributed by atoms with Gasteiger partial charge in [-0.15, -0.1) is 0 Å². The number of nitrogens with zero attached hydrogens (tertiary/aromatic N) is 3. The summed E-state index contributed by atoms with van der Waals surface area (Å²) in [6, 6.07) is 2.12. The van der Waals surface area contributed by atoms with Gasteiger partial charge in [0.2, 0.25) is 0 Å². The Bertz CT molecular complexity index is 632. The highest BCUT2D eigenvalue weighted by Gasteiger charge is 2.16. The van der Waals surface area contributed by atoms with Crippen molar-refractivity contribution >= 4 is 11.6 Å². The molecule has 0 fully saturated rings. The molecule has 0 aliphatic heterocycles. The van der Waals surface area contributed by atoms with E-state index in [1.165, 1.54) is 12.8 Å². The van der Waals surface area contributed by atoms with Crippen molar-refractivity contribution in [3.05, 3.63) is 29.2 Å². The zero-order chi connectivity index (χ0) is 15.4. The van der Waals surface area contributed by atoms with Crippen LogP contribution in [-0.4, -0.2) is 26.5 Å². The van der Waals surface area contributed by atoms with Gasteiger partial charge in [0.05, 0.1) is 6.20 Å². The first-order valence-electron chi connectivity index (χ1n) is 7.65. The maximum Gasteiger partial charge on any atom is 0.256 e. The number of carbonyl (C=O) groups excluding carboxylic acids is 1. The molecule has 2 rings (SSSR count). The number of hydrogen-bond donors (Lipinski definition) is 1. The number of aryl methyl sites for hydroxylation is 2. The SMILES string of the molecule is CCCCCC(C)NC(=O)c1cnn2c(C)cc(C)nc12. The Labute approximate surface area is 125 Å². The zero-order valence-electron chi connectivity index (χ0n) is 13.3. The highest BCUT2D eigenvalue weighted by molar-refractivity contribution is 5.99. The Morgan fingerprint density at radius 2 is 2.14 bits per heavy atom. The number of amides is 1. The van der Waals surface area contributed by atoms with Crippen LogP contribution in [0.3, 0.4) is 0 Å². The number of hydrogen-bond acceptors (Lipinski definition) is 3. The minimum atomic E-state index is -0.0912. The second-order valence-electron chi connectivity index (χ2n) is 5.70. The molecule has 1 unspecified atom stereocenters. The summed E-state index contributed by atoms with van der Waals surface area (Å²) in [5.41, 5.74) is 3.05. The lowest BCUT2D eigenvalue weighted by atomic mass is 10.1. The molecule has 0 aromatic carbocycles. The normalized spacial score (nSPS) is 12.6. The third kappa shape index (κ3) is 3.60. The second-order valence-corrected chi connectivity index (χ2v) is 5.70. The minimum absolute atomic E-state index is 0.0912. The van der Waals surface area contributed by atoms with Gasteiger partial charge in [-0.25, -0.2) is 9.50 Å². The molecule has 1 amide bonds. The van der Waals surface area contributed by atoms with Crippen LogP contribution in [0.2, 0.25) is 0 Å². The minimum Gasteiger partial charge on any atom is -0.349 e. The molecule has 0 bridgehead atoms. The lowest BCUT2D eigenvalue weighted by Gasteiger charge is -2.13. The van der Waals surface area contributed by atoms with E-state index in [4.69, 9.17) is 0 Å². The van der Waals surface area contributed by atoms with Crippen molar-refractivity contribution in [3.63, 3.8) is 0 Å². The molecule has 0 saturated carbocycles. The van der Waals surface area contributed by atoms with Gasteiger partial charge in [0, 0.05) is 17.4 Å². The summed E-state index contributed by atoms with van der Waals surface area (Å²) in [5.74, 6) is -0.0912. The molecule has 0 saturated heterocycles. The largest absolute Gasteiger partial charge is 0.349 e. The molecule has 2 heterocycles. The van der Waals surface area contributed by atoms with Crippen LogP contribution in [0.5, 0.6) is 0 Å². The molecule has 2 aromatic heterocycles. The molecule has 1 atom stereocenters. The average Bonchev–Trinajstić information content (AvgIpc) is 2.83. The quantitative estimate of drug-likeness (QED) is 0.831. The van der Waals surface area contributed by atoms with Crippen molar-refractivity contribution < 1.29 is 4.79 Å². The third-order valence-corrected chi connectivity index (χ3v) is 3.64. The molecule has 0 aliphatic rings. The van der Waals surface area contributed by atoms with Gasteiger partial charge in [-0.3, -0.25) is 4.79 Å². The molecule has 2 aromatic rings. The topological polar surface area (TPSA) is 59.3 Å². The van der Waals surface area contributed by atoms with E-state index in [2.05, 4.69) is 22.3 Å². The highest BCUT2D eigenvalue weighted by Crippen LogP contribution is 2.12. The van der Waals surface area contributed by atoms with Gasteiger partial charge < -0.3 is 5.32 Å². The van der Waals surface area contributed by atoms with Gasteiger partial charge in [-0.2, -0.15) is 5.10 Å². The van der Waals surface area contributed by atoms with Crippen molar-refractivity contribution in [2.45, 2.75) is 59.4 Å². The lowest BCUT2D eigenvalue weighted by Crippen LogP contribution is -2.32. The Morgan fingerprint density at radius 3 is 2.86 bits per heavy atom. The molecular weight excluding hydrogens is 264 g/mol. The van der Waals surface area contributed by atoms with Gasteiger partial charge in [-0.05, 0) is 33.3 Å². The monoisotopic (exact) mass is 288 g/mol. The Kier molecular flexibility index (Phi) is 4.94. The first-order chi connectivity index (χ1) is 10.0. The summed E-state index contributed by atoms with van der Waals surface area (Å²) >= 11 is 0.